The Labute approximate surface area is 189 Å². The molecule has 1 aliphatic heterocycles. The average molecular weight is 456 g/mol. The fraction of sp³-hybridized carbons (Fsp3) is 0. The van der Waals surface area contributed by atoms with E-state index in [1.807, 2.05) is 60.7 Å². The first-order chi connectivity index (χ1) is 15.3. The van der Waals surface area contributed by atoms with Crippen LogP contribution in [0.2, 0.25) is 0 Å². The topological polar surface area (TPSA) is 20.3 Å². The third-order valence-electron chi connectivity index (χ3n) is 5.67. The normalized spacial score (nSPS) is 13.5. The number of benzene rings is 3. The Morgan fingerprint density at radius 3 is 1.48 bits per heavy atom. The van der Waals surface area contributed by atoms with Gasteiger partial charge in [-0.1, -0.05) is 36.4 Å². The monoisotopic (exact) mass is 455 g/mol. The van der Waals surface area contributed by atoms with Crippen LogP contribution in [-0.2, 0) is 4.57 Å². The molecule has 31 heavy (non-hydrogen) atoms. The first-order valence-electron chi connectivity index (χ1n) is 10.0. The molecule has 1 aliphatic rings. The van der Waals surface area contributed by atoms with E-state index in [4.69, 9.17) is 0 Å². The molecule has 0 amide bonds. The Morgan fingerprint density at radius 2 is 1.00 bits per heavy atom. The van der Waals surface area contributed by atoms with E-state index in [0.717, 1.165) is 33.0 Å². The van der Waals surface area contributed by atoms with Crippen LogP contribution in [0.5, 0.6) is 0 Å². The molecule has 0 aliphatic carbocycles. The lowest BCUT2D eigenvalue weighted by atomic mass is 10.2. The van der Waals surface area contributed by atoms with Crippen LogP contribution in [0.1, 0.15) is 0 Å². The molecule has 6 rings (SSSR count). The Balaban J connectivity index is 1.47. The number of anilines is 3. The Kier molecular flexibility index (Phi) is 4.46. The molecular formula is C26H18NOPS2. The lowest BCUT2D eigenvalue weighted by molar-refractivity contribution is 0.593. The van der Waals surface area contributed by atoms with Crippen LogP contribution in [0.3, 0.4) is 0 Å². The highest BCUT2D eigenvalue weighted by Crippen LogP contribution is 2.55. The predicted molar refractivity (Wildman–Crippen MR) is 135 cm³/mol. The second-order valence-electron chi connectivity index (χ2n) is 7.40. The molecule has 0 radical (unpaired) electrons. The number of nitrogens with zero attached hydrogens (tertiary/aromatic N) is 1. The maximum absolute atomic E-state index is 14.4. The minimum Gasteiger partial charge on any atom is -0.311 e. The summed E-state index contributed by atoms with van der Waals surface area (Å²) >= 11 is 3.38. The molecule has 2 nitrogen and oxygen atoms in total. The van der Waals surface area contributed by atoms with Crippen LogP contribution in [0.4, 0.5) is 17.1 Å². The van der Waals surface area contributed by atoms with Gasteiger partial charge in [0, 0.05) is 33.0 Å². The van der Waals surface area contributed by atoms with E-state index in [2.05, 4.69) is 52.1 Å². The van der Waals surface area contributed by atoms with Gasteiger partial charge < -0.3 is 9.46 Å². The molecule has 0 unspecified atom stereocenters. The van der Waals surface area contributed by atoms with Gasteiger partial charge in [-0.25, -0.2) is 0 Å². The SMILES string of the molecule is O=P1(c2ccc(N(c3ccccc3)c3ccccc3)cc2)c2ccsc2-c2sccc21. The molecule has 0 saturated heterocycles. The van der Waals surface area contributed by atoms with Crippen LogP contribution in [0, 0.1) is 0 Å². The summed E-state index contributed by atoms with van der Waals surface area (Å²) in [7, 11) is -2.80. The third kappa shape index (κ3) is 2.87. The average Bonchev–Trinajstić information content (AvgIpc) is 3.54. The Bertz CT molecular complexity index is 1320. The Hall–Kier alpha value is -2.91. The summed E-state index contributed by atoms with van der Waals surface area (Å²) < 4.78 is 14.4. The van der Waals surface area contributed by atoms with Crippen molar-refractivity contribution in [2.24, 2.45) is 0 Å². The third-order valence-corrected chi connectivity index (χ3v) is 11.1. The van der Waals surface area contributed by atoms with Gasteiger partial charge in [0.2, 0.25) is 0 Å². The molecular weight excluding hydrogens is 437 g/mol. The number of fused-ring (bicyclic) bond motifs is 3. The highest BCUT2D eigenvalue weighted by Gasteiger charge is 2.42. The van der Waals surface area contributed by atoms with E-state index >= 15 is 0 Å². The molecule has 0 spiro atoms. The minimum atomic E-state index is -2.80. The zero-order chi connectivity index (χ0) is 20.8. The molecule has 3 aromatic carbocycles. The predicted octanol–water partition coefficient (Wildman–Crippen LogP) is 6.90. The summed E-state index contributed by atoms with van der Waals surface area (Å²) in [5, 5.41) is 7.00. The van der Waals surface area contributed by atoms with E-state index in [-0.39, 0.29) is 0 Å². The molecule has 150 valence electrons. The van der Waals surface area contributed by atoms with Gasteiger partial charge in [0.1, 0.15) is 0 Å². The number of para-hydroxylation sites is 2. The number of hydrogen-bond donors (Lipinski definition) is 0. The molecule has 0 N–H and O–H groups in total. The molecule has 5 aromatic rings. The zero-order valence-electron chi connectivity index (χ0n) is 16.5. The van der Waals surface area contributed by atoms with Gasteiger partial charge in [-0.05, 0) is 71.4 Å². The van der Waals surface area contributed by atoms with E-state index < -0.39 is 7.14 Å². The molecule has 0 saturated carbocycles. The van der Waals surface area contributed by atoms with Gasteiger partial charge >= 0.3 is 0 Å². The van der Waals surface area contributed by atoms with Crippen molar-refractivity contribution in [3.63, 3.8) is 0 Å². The van der Waals surface area contributed by atoms with Crippen molar-refractivity contribution in [2.45, 2.75) is 0 Å². The first kappa shape index (κ1) is 18.8. The van der Waals surface area contributed by atoms with Gasteiger partial charge in [0.25, 0.3) is 0 Å². The number of thiophene rings is 2. The second kappa shape index (κ2) is 7.35. The molecule has 0 atom stereocenters. The maximum Gasteiger partial charge on any atom is 0.173 e. The van der Waals surface area contributed by atoms with Crippen LogP contribution in [-0.4, -0.2) is 0 Å². The van der Waals surface area contributed by atoms with E-state index in [0.29, 0.717) is 0 Å². The van der Waals surface area contributed by atoms with Gasteiger partial charge in [-0.15, -0.1) is 22.7 Å². The van der Waals surface area contributed by atoms with Gasteiger partial charge in [-0.3, -0.25) is 0 Å². The first-order valence-corrected chi connectivity index (χ1v) is 13.5. The summed E-state index contributed by atoms with van der Waals surface area (Å²) in [6.45, 7) is 0. The molecule has 0 bridgehead atoms. The molecule has 3 heterocycles. The van der Waals surface area contributed by atoms with Crippen molar-refractivity contribution in [1.82, 2.24) is 0 Å². The van der Waals surface area contributed by atoms with Crippen molar-refractivity contribution in [3.8, 4) is 9.75 Å². The fourth-order valence-electron chi connectivity index (χ4n) is 4.26. The van der Waals surface area contributed by atoms with Gasteiger partial charge in [-0.2, -0.15) is 0 Å². The van der Waals surface area contributed by atoms with Gasteiger partial charge in [0.15, 0.2) is 7.14 Å². The Morgan fingerprint density at radius 1 is 0.548 bits per heavy atom. The summed E-state index contributed by atoms with van der Waals surface area (Å²) in [5.74, 6) is 0. The number of hydrogen-bond acceptors (Lipinski definition) is 4. The molecule has 2 aromatic heterocycles. The quantitative estimate of drug-likeness (QED) is 0.270. The maximum atomic E-state index is 14.4. The smallest absolute Gasteiger partial charge is 0.173 e. The van der Waals surface area contributed by atoms with Crippen molar-refractivity contribution >= 4 is 62.8 Å². The highest BCUT2D eigenvalue weighted by atomic mass is 32.1. The van der Waals surface area contributed by atoms with Crippen LogP contribution < -0.4 is 20.8 Å². The standard InChI is InChI=1S/C26H18NOPS2/c28-29(23-15-17-30-25(23)26-24(29)16-18-31-26)22-13-11-21(12-14-22)27(19-7-3-1-4-8-19)20-9-5-2-6-10-20/h1-18H. The van der Waals surface area contributed by atoms with Crippen LogP contribution in [0.15, 0.2) is 108 Å². The van der Waals surface area contributed by atoms with E-state index in [9.17, 15) is 4.57 Å². The molecule has 5 heteroatoms. The fourth-order valence-corrected chi connectivity index (χ4v) is 10.2. The summed E-state index contributed by atoms with van der Waals surface area (Å²) in [6.07, 6.45) is 0. The second-order valence-corrected chi connectivity index (χ2v) is 11.9. The number of rotatable bonds is 4. The van der Waals surface area contributed by atoms with Crippen LogP contribution in [0.25, 0.3) is 9.75 Å². The summed E-state index contributed by atoms with van der Waals surface area (Å²) in [6, 6.07) is 33.0. The highest BCUT2D eigenvalue weighted by molar-refractivity contribution is 7.87. The largest absolute Gasteiger partial charge is 0.311 e. The lowest BCUT2D eigenvalue weighted by Crippen LogP contribution is -2.20. The van der Waals surface area contributed by atoms with Crippen molar-refractivity contribution < 1.29 is 4.57 Å². The van der Waals surface area contributed by atoms with Crippen molar-refractivity contribution in [1.29, 1.82) is 0 Å². The van der Waals surface area contributed by atoms with Crippen molar-refractivity contribution in [3.05, 3.63) is 108 Å². The summed E-state index contributed by atoms with van der Waals surface area (Å²) in [4.78, 5) is 4.57. The molecule has 0 fully saturated rings. The van der Waals surface area contributed by atoms with Gasteiger partial charge in [0.05, 0.1) is 9.75 Å². The van der Waals surface area contributed by atoms with E-state index in [1.54, 1.807) is 22.7 Å². The lowest BCUT2D eigenvalue weighted by Gasteiger charge is -2.26. The van der Waals surface area contributed by atoms with Crippen LogP contribution >= 0.6 is 29.8 Å². The summed E-state index contributed by atoms with van der Waals surface area (Å²) in [5.41, 5.74) is 3.23. The zero-order valence-corrected chi connectivity index (χ0v) is 19.0. The van der Waals surface area contributed by atoms with E-state index in [1.165, 1.54) is 9.75 Å². The minimum absolute atomic E-state index is 0.897. The van der Waals surface area contributed by atoms with Crippen molar-refractivity contribution in [2.75, 3.05) is 4.90 Å².